The van der Waals surface area contributed by atoms with Crippen molar-refractivity contribution in [2.75, 3.05) is 26.2 Å². The number of hydrogen-bond acceptors (Lipinski definition) is 3. The van der Waals surface area contributed by atoms with Crippen molar-refractivity contribution in [3.63, 3.8) is 0 Å². The van der Waals surface area contributed by atoms with Gasteiger partial charge in [-0.1, -0.05) is 46.3 Å². The van der Waals surface area contributed by atoms with E-state index in [-0.39, 0.29) is 23.8 Å². The van der Waals surface area contributed by atoms with E-state index >= 15 is 0 Å². The van der Waals surface area contributed by atoms with Crippen molar-refractivity contribution < 1.29 is 9.59 Å². The molecule has 1 unspecified atom stereocenters. The molecule has 2 saturated heterocycles. The van der Waals surface area contributed by atoms with Crippen LogP contribution < -0.4 is 5.32 Å². The van der Waals surface area contributed by atoms with Gasteiger partial charge < -0.3 is 15.1 Å². The highest BCUT2D eigenvalue weighted by Gasteiger charge is 2.33. The van der Waals surface area contributed by atoms with Gasteiger partial charge in [-0.25, -0.2) is 0 Å². The maximum absolute atomic E-state index is 13.1. The van der Waals surface area contributed by atoms with Crippen molar-refractivity contribution in [3.05, 3.63) is 69.7 Å². The van der Waals surface area contributed by atoms with Gasteiger partial charge in [0.25, 0.3) is 5.91 Å². The number of benzene rings is 2. The molecule has 0 saturated carbocycles. The van der Waals surface area contributed by atoms with Crippen LogP contribution in [0.3, 0.4) is 0 Å². The molecule has 0 spiro atoms. The molecule has 0 bridgehead atoms. The van der Waals surface area contributed by atoms with Crippen LogP contribution in [0.1, 0.15) is 66.1 Å². The Labute approximate surface area is 211 Å². The van der Waals surface area contributed by atoms with Gasteiger partial charge in [0.1, 0.15) is 0 Å². The van der Waals surface area contributed by atoms with Gasteiger partial charge in [0.2, 0.25) is 5.91 Å². The standard InChI is InChI=1S/C28H34BrN3O2/c29-23-8-3-7-22(19-23)28(34)32-17-13-24(14-18-32)31-15-11-21(12-16-31)27(33)30-26-10-4-6-20-5-1-2-9-25(20)26/h1-3,5,7-9,19,21,24,26H,4,6,10-18H2,(H,30,33). The molecule has 2 aromatic carbocycles. The molecule has 2 amide bonds. The summed E-state index contributed by atoms with van der Waals surface area (Å²) in [5.74, 6) is 0.471. The fraction of sp³-hybridized carbons (Fsp3) is 0.500. The van der Waals surface area contributed by atoms with Crippen LogP contribution >= 0.6 is 15.9 Å². The van der Waals surface area contributed by atoms with Crippen molar-refractivity contribution in [3.8, 4) is 0 Å². The Kier molecular flexibility index (Phi) is 7.35. The van der Waals surface area contributed by atoms with E-state index in [1.165, 1.54) is 11.1 Å². The molecule has 0 aromatic heterocycles. The Morgan fingerprint density at radius 3 is 2.41 bits per heavy atom. The number of halogens is 1. The van der Waals surface area contributed by atoms with Crippen molar-refractivity contribution in [1.29, 1.82) is 0 Å². The normalized spacial score (nSPS) is 22.3. The largest absolute Gasteiger partial charge is 0.349 e. The van der Waals surface area contributed by atoms with Crippen LogP contribution in [0.15, 0.2) is 53.0 Å². The van der Waals surface area contributed by atoms with Crippen LogP contribution in [0.5, 0.6) is 0 Å². The number of carbonyl (C=O) groups excluding carboxylic acids is 2. The summed E-state index contributed by atoms with van der Waals surface area (Å²) in [6.07, 6.45) is 7.18. The van der Waals surface area contributed by atoms with E-state index in [2.05, 4.69) is 50.4 Å². The molecule has 6 heteroatoms. The van der Waals surface area contributed by atoms with E-state index in [0.29, 0.717) is 6.04 Å². The Balaban J connectivity index is 1.09. The van der Waals surface area contributed by atoms with Crippen LogP contribution in [0.4, 0.5) is 0 Å². The second kappa shape index (κ2) is 10.6. The van der Waals surface area contributed by atoms with E-state index in [0.717, 1.165) is 81.2 Å². The third-order valence-corrected chi connectivity index (χ3v) is 8.42. The van der Waals surface area contributed by atoms with Crippen molar-refractivity contribution >= 4 is 27.7 Å². The van der Waals surface area contributed by atoms with Crippen LogP contribution in [0.2, 0.25) is 0 Å². The lowest BCUT2D eigenvalue weighted by Crippen LogP contribution is -2.50. The minimum atomic E-state index is 0.114. The number of carbonyl (C=O) groups is 2. The van der Waals surface area contributed by atoms with Gasteiger partial charge >= 0.3 is 0 Å². The molecular formula is C28H34BrN3O2. The number of piperidine rings is 2. The van der Waals surface area contributed by atoms with Crippen LogP contribution in [-0.2, 0) is 11.2 Å². The molecule has 0 radical (unpaired) electrons. The first-order valence-electron chi connectivity index (χ1n) is 12.8. The second-order valence-electron chi connectivity index (χ2n) is 10.00. The molecule has 2 heterocycles. The monoisotopic (exact) mass is 523 g/mol. The summed E-state index contributed by atoms with van der Waals surface area (Å²) in [4.78, 5) is 30.4. The van der Waals surface area contributed by atoms with Crippen LogP contribution in [0, 0.1) is 5.92 Å². The second-order valence-corrected chi connectivity index (χ2v) is 10.9. The molecule has 180 valence electrons. The SMILES string of the molecule is O=C(NC1CCCc2ccccc21)C1CCN(C2CCN(C(=O)c3cccc(Br)c3)CC2)CC1. The quantitative estimate of drug-likeness (QED) is 0.616. The molecule has 2 aliphatic heterocycles. The lowest BCUT2D eigenvalue weighted by atomic mass is 9.86. The maximum Gasteiger partial charge on any atom is 0.253 e. The molecule has 2 aromatic rings. The van der Waals surface area contributed by atoms with Crippen molar-refractivity contribution in [1.82, 2.24) is 15.1 Å². The summed E-state index contributed by atoms with van der Waals surface area (Å²) in [6, 6.07) is 16.9. The number of rotatable bonds is 4. The van der Waals surface area contributed by atoms with Gasteiger partial charge in [-0.3, -0.25) is 9.59 Å². The molecular weight excluding hydrogens is 490 g/mol. The van der Waals surface area contributed by atoms with E-state index in [4.69, 9.17) is 0 Å². The number of likely N-dealkylation sites (tertiary alicyclic amines) is 2. The highest BCUT2D eigenvalue weighted by molar-refractivity contribution is 9.10. The number of aryl methyl sites for hydroxylation is 1. The average Bonchev–Trinajstić information content (AvgIpc) is 2.89. The molecule has 1 aliphatic carbocycles. The fourth-order valence-electron chi connectivity index (χ4n) is 5.96. The van der Waals surface area contributed by atoms with Gasteiger partial charge in [-0.05, 0) is 87.4 Å². The highest BCUT2D eigenvalue weighted by atomic mass is 79.9. The van der Waals surface area contributed by atoms with E-state index in [1.807, 2.05) is 29.2 Å². The molecule has 1 atom stereocenters. The topological polar surface area (TPSA) is 52.7 Å². The molecule has 34 heavy (non-hydrogen) atoms. The van der Waals surface area contributed by atoms with E-state index in [9.17, 15) is 9.59 Å². The zero-order valence-electron chi connectivity index (χ0n) is 19.7. The Hall–Kier alpha value is -2.18. The first kappa shape index (κ1) is 23.6. The molecule has 5 rings (SSSR count). The molecule has 2 fully saturated rings. The Bertz CT molecular complexity index is 1030. The zero-order chi connectivity index (χ0) is 23.5. The average molecular weight is 525 g/mol. The lowest BCUT2D eigenvalue weighted by molar-refractivity contribution is -0.127. The van der Waals surface area contributed by atoms with Crippen molar-refractivity contribution in [2.24, 2.45) is 5.92 Å². The number of fused-ring (bicyclic) bond motifs is 1. The van der Waals surface area contributed by atoms with E-state index < -0.39 is 0 Å². The van der Waals surface area contributed by atoms with Crippen LogP contribution in [-0.4, -0.2) is 53.8 Å². The molecule has 1 N–H and O–H groups in total. The van der Waals surface area contributed by atoms with Crippen molar-refractivity contribution in [2.45, 2.75) is 57.0 Å². The van der Waals surface area contributed by atoms with Gasteiger partial charge in [0.15, 0.2) is 0 Å². The Morgan fingerprint density at radius 2 is 1.65 bits per heavy atom. The third kappa shape index (κ3) is 5.23. The van der Waals surface area contributed by atoms with Gasteiger partial charge in [0.05, 0.1) is 6.04 Å². The summed E-state index contributed by atoms with van der Waals surface area (Å²) in [7, 11) is 0. The summed E-state index contributed by atoms with van der Waals surface area (Å²) in [5.41, 5.74) is 3.45. The third-order valence-electron chi connectivity index (χ3n) is 7.93. The van der Waals surface area contributed by atoms with Gasteiger partial charge in [0, 0.05) is 35.1 Å². The van der Waals surface area contributed by atoms with E-state index in [1.54, 1.807) is 0 Å². The predicted molar refractivity (Wildman–Crippen MR) is 138 cm³/mol. The summed E-state index contributed by atoms with van der Waals surface area (Å²) < 4.78 is 0.938. The first-order chi connectivity index (χ1) is 16.6. The smallest absolute Gasteiger partial charge is 0.253 e. The summed E-state index contributed by atoms with van der Waals surface area (Å²) >= 11 is 3.46. The number of nitrogens with one attached hydrogen (secondary N) is 1. The van der Waals surface area contributed by atoms with Gasteiger partial charge in [-0.15, -0.1) is 0 Å². The fourth-order valence-corrected chi connectivity index (χ4v) is 6.36. The summed E-state index contributed by atoms with van der Waals surface area (Å²) in [5, 5.41) is 3.37. The zero-order valence-corrected chi connectivity index (χ0v) is 21.3. The maximum atomic E-state index is 13.1. The molecule has 3 aliphatic rings. The van der Waals surface area contributed by atoms with Gasteiger partial charge in [-0.2, -0.15) is 0 Å². The Morgan fingerprint density at radius 1 is 0.882 bits per heavy atom. The minimum Gasteiger partial charge on any atom is -0.349 e. The molecule has 5 nitrogen and oxygen atoms in total. The highest BCUT2D eigenvalue weighted by Crippen LogP contribution is 2.31. The van der Waals surface area contributed by atoms with Crippen LogP contribution in [0.25, 0.3) is 0 Å². The predicted octanol–water partition coefficient (Wildman–Crippen LogP) is 4.96. The lowest BCUT2D eigenvalue weighted by Gasteiger charge is -2.41. The summed E-state index contributed by atoms with van der Waals surface area (Å²) in [6.45, 7) is 3.56. The number of nitrogens with zero attached hydrogens (tertiary/aromatic N) is 2. The number of amides is 2. The first-order valence-corrected chi connectivity index (χ1v) is 13.5. The number of hydrogen-bond donors (Lipinski definition) is 1. The minimum absolute atomic E-state index is 0.114.